The van der Waals surface area contributed by atoms with Crippen LogP contribution < -0.4 is 4.90 Å². The molecule has 2 heterocycles. The highest BCUT2D eigenvalue weighted by Crippen LogP contribution is 2.26. The molecule has 0 amide bonds. The summed E-state index contributed by atoms with van der Waals surface area (Å²) in [5, 5.41) is 0. The molecule has 0 atom stereocenters. The average molecular weight is 282 g/mol. The van der Waals surface area contributed by atoms with Crippen molar-refractivity contribution < 1.29 is 4.39 Å². The molecule has 1 aromatic carbocycles. The first-order chi connectivity index (χ1) is 10.1. The van der Waals surface area contributed by atoms with Crippen molar-refractivity contribution in [3.63, 3.8) is 0 Å². The third-order valence-electron chi connectivity index (χ3n) is 3.16. The van der Waals surface area contributed by atoms with Gasteiger partial charge in [-0.15, -0.1) is 0 Å². The molecule has 0 aliphatic carbocycles. The van der Waals surface area contributed by atoms with Gasteiger partial charge in [0.1, 0.15) is 11.3 Å². The number of hydrogen-bond donors (Lipinski definition) is 0. The monoisotopic (exact) mass is 282 g/mol. The summed E-state index contributed by atoms with van der Waals surface area (Å²) in [7, 11) is 0. The lowest BCUT2D eigenvalue weighted by Gasteiger charge is -2.26. The molecule has 0 aliphatic heterocycles. The smallest absolute Gasteiger partial charge is 0.230 e. The van der Waals surface area contributed by atoms with Gasteiger partial charge in [-0.05, 0) is 44.2 Å². The molecule has 0 saturated heterocycles. The average Bonchev–Trinajstić information content (AvgIpc) is 2.47. The fraction of sp³-hybridized carbons (Fsp3) is 0.188. The number of halogens is 1. The van der Waals surface area contributed by atoms with Crippen molar-refractivity contribution in [2.24, 2.45) is 0 Å². The van der Waals surface area contributed by atoms with E-state index in [9.17, 15) is 4.39 Å². The molecule has 3 rings (SSSR count). The van der Waals surface area contributed by atoms with Gasteiger partial charge in [0.25, 0.3) is 0 Å². The summed E-state index contributed by atoms with van der Waals surface area (Å²) in [5.74, 6) is 0.261. The van der Waals surface area contributed by atoms with Crippen molar-refractivity contribution in [1.82, 2.24) is 15.0 Å². The Bertz CT molecular complexity index is 773. The number of benzene rings is 1. The number of rotatable bonds is 3. The van der Waals surface area contributed by atoms with Gasteiger partial charge in [0, 0.05) is 17.9 Å². The molecule has 0 N–H and O–H groups in total. The van der Waals surface area contributed by atoms with Crippen LogP contribution in [0.25, 0.3) is 11.0 Å². The van der Waals surface area contributed by atoms with Crippen LogP contribution in [0.4, 0.5) is 16.0 Å². The van der Waals surface area contributed by atoms with E-state index >= 15 is 0 Å². The number of aromatic nitrogens is 3. The van der Waals surface area contributed by atoms with E-state index in [1.807, 2.05) is 36.9 Å². The molecule has 2 aromatic heterocycles. The Labute approximate surface area is 122 Å². The number of nitrogens with zero attached hydrogens (tertiary/aromatic N) is 4. The Kier molecular flexibility index (Phi) is 3.48. The molecule has 0 bridgehead atoms. The maximum atomic E-state index is 13.5. The third-order valence-corrected chi connectivity index (χ3v) is 3.16. The van der Waals surface area contributed by atoms with Gasteiger partial charge in [0.15, 0.2) is 0 Å². The molecule has 3 aromatic rings. The summed E-state index contributed by atoms with van der Waals surface area (Å²) >= 11 is 0. The zero-order valence-electron chi connectivity index (χ0n) is 11.9. The molecule has 5 heteroatoms. The van der Waals surface area contributed by atoms with Crippen molar-refractivity contribution in [2.75, 3.05) is 4.90 Å². The van der Waals surface area contributed by atoms with E-state index in [4.69, 9.17) is 0 Å². The van der Waals surface area contributed by atoms with Gasteiger partial charge in [-0.1, -0.05) is 6.07 Å². The van der Waals surface area contributed by atoms with Crippen LogP contribution >= 0.6 is 0 Å². The predicted octanol–water partition coefficient (Wildman–Crippen LogP) is 3.71. The van der Waals surface area contributed by atoms with Crippen LogP contribution in [-0.2, 0) is 0 Å². The first-order valence-corrected chi connectivity index (χ1v) is 6.78. The van der Waals surface area contributed by atoms with E-state index in [2.05, 4.69) is 15.0 Å². The summed E-state index contributed by atoms with van der Waals surface area (Å²) in [6.07, 6.45) is 3.39. The zero-order valence-corrected chi connectivity index (χ0v) is 11.9. The van der Waals surface area contributed by atoms with Crippen LogP contribution in [0.5, 0.6) is 0 Å². The number of fused-ring (bicyclic) bond motifs is 1. The number of pyridine rings is 1. The normalized spacial score (nSPS) is 11.0. The lowest BCUT2D eigenvalue weighted by Crippen LogP contribution is -2.27. The van der Waals surface area contributed by atoms with E-state index < -0.39 is 0 Å². The first kappa shape index (κ1) is 13.4. The minimum absolute atomic E-state index is 0.0981. The minimum Gasteiger partial charge on any atom is -0.308 e. The van der Waals surface area contributed by atoms with E-state index in [1.165, 1.54) is 12.1 Å². The fourth-order valence-corrected chi connectivity index (χ4v) is 2.25. The van der Waals surface area contributed by atoms with Crippen LogP contribution in [0.3, 0.4) is 0 Å². The molecule has 0 spiro atoms. The van der Waals surface area contributed by atoms with Gasteiger partial charge in [0.05, 0.1) is 11.7 Å². The Hall–Kier alpha value is -2.56. The summed E-state index contributed by atoms with van der Waals surface area (Å²) in [4.78, 5) is 15.0. The van der Waals surface area contributed by atoms with Crippen molar-refractivity contribution in [1.29, 1.82) is 0 Å². The summed E-state index contributed by atoms with van der Waals surface area (Å²) in [6.45, 7) is 4.03. The maximum absolute atomic E-state index is 13.5. The van der Waals surface area contributed by atoms with Gasteiger partial charge < -0.3 is 4.90 Å². The Balaban J connectivity index is 2.11. The molecule has 21 heavy (non-hydrogen) atoms. The molecule has 0 radical (unpaired) electrons. The number of hydrogen-bond acceptors (Lipinski definition) is 4. The summed E-state index contributed by atoms with van der Waals surface area (Å²) < 4.78 is 13.5. The van der Waals surface area contributed by atoms with Gasteiger partial charge >= 0.3 is 0 Å². The van der Waals surface area contributed by atoms with Crippen LogP contribution in [0.15, 0.2) is 48.8 Å². The second-order valence-corrected chi connectivity index (χ2v) is 5.02. The third kappa shape index (κ3) is 2.67. The molecular formula is C16H15FN4. The Morgan fingerprint density at radius 2 is 1.90 bits per heavy atom. The predicted molar refractivity (Wildman–Crippen MR) is 81.0 cm³/mol. The standard InChI is InChI=1S/C16H15FN4/c1-11(2)21(13-6-3-5-12(17)9-13)16-19-10-15-14(20-16)7-4-8-18-15/h3-11H,1-2H3. The second-order valence-electron chi connectivity index (χ2n) is 5.02. The van der Waals surface area contributed by atoms with E-state index in [0.29, 0.717) is 5.95 Å². The lowest BCUT2D eigenvalue weighted by molar-refractivity contribution is 0.626. The van der Waals surface area contributed by atoms with Crippen LogP contribution in [0.2, 0.25) is 0 Å². The highest BCUT2D eigenvalue weighted by molar-refractivity contribution is 5.75. The first-order valence-electron chi connectivity index (χ1n) is 6.78. The van der Waals surface area contributed by atoms with Crippen molar-refractivity contribution in [3.8, 4) is 0 Å². The summed E-state index contributed by atoms with van der Waals surface area (Å²) in [5.41, 5.74) is 2.24. The molecular weight excluding hydrogens is 267 g/mol. The largest absolute Gasteiger partial charge is 0.308 e. The Morgan fingerprint density at radius 3 is 2.67 bits per heavy atom. The molecule has 0 saturated carbocycles. The van der Waals surface area contributed by atoms with Crippen LogP contribution in [0, 0.1) is 5.82 Å². The molecule has 0 fully saturated rings. The van der Waals surface area contributed by atoms with Crippen molar-refractivity contribution in [3.05, 3.63) is 54.6 Å². The van der Waals surface area contributed by atoms with Crippen LogP contribution in [0.1, 0.15) is 13.8 Å². The van der Waals surface area contributed by atoms with Crippen LogP contribution in [-0.4, -0.2) is 21.0 Å². The molecule has 106 valence electrons. The Morgan fingerprint density at radius 1 is 1.05 bits per heavy atom. The highest BCUT2D eigenvalue weighted by Gasteiger charge is 2.17. The molecule has 0 aliphatic rings. The maximum Gasteiger partial charge on any atom is 0.230 e. The van der Waals surface area contributed by atoms with E-state index in [0.717, 1.165) is 16.7 Å². The lowest BCUT2D eigenvalue weighted by atomic mass is 10.2. The van der Waals surface area contributed by atoms with Gasteiger partial charge in [-0.3, -0.25) is 4.98 Å². The fourth-order valence-electron chi connectivity index (χ4n) is 2.25. The van der Waals surface area contributed by atoms with Gasteiger partial charge in [-0.25, -0.2) is 14.4 Å². The van der Waals surface area contributed by atoms with E-state index in [-0.39, 0.29) is 11.9 Å². The van der Waals surface area contributed by atoms with Gasteiger partial charge in [0.2, 0.25) is 5.95 Å². The topological polar surface area (TPSA) is 41.9 Å². The SMILES string of the molecule is CC(C)N(c1cccc(F)c1)c1ncc2ncccc2n1. The van der Waals surface area contributed by atoms with Crippen molar-refractivity contribution in [2.45, 2.75) is 19.9 Å². The van der Waals surface area contributed by atoms with Gasteiger partial charge in [-0.2, -0.15) is 0 Å². The quantitative estimate of drug-likeness (QED) is 0.734. The molecule has 0 unspecified atom stereocenters. The zero-order chi connectivity index (χ0) is 14.8. The minimum atomic E-state index is -0.277. The highest BCUT2D eigenvalue weighted by atomic mass is 19.1. The van der Waals surface area contributed by atoms with E-state index in [1.54, 1.807) is 18.5 Å². The van der Waals surface area contributed by atoms with Crippen molar-refractivity contribution >= 4 is 22.7 Å². The number of anilines is 2. The summed E-state index contributed by atoms with van der Waals surface area (Å²) in [6, 6.07) is 10.3. The second kappa shape index (κ2) is 5.44. The molecule has 4 nitrogen and oxygen atoms in total.